The second-order valence-corrected chi connectivity index (χ2v) is 19.0. The van der Waals surface area contributed by atoms with Crippen LogP contribution in [0, 0.1) is 5.92 Å². The lowest BCUT2D eigenvalue weighted by atomic mass is 9.93. The molecule has 2 atom stereocenters. The minimum Gasteiger partial charge on any atom is -0.411 e. The van der Waals surface area contributed by atoms with Crippen LogP contribution in [0.2, 0.25) is 0 Å². The Labute approximate surface area is 443 Å². The minimum absolute atomic E-state index is 0.0382. The monoisotopic (exact) mass is 1070 g/mol. The van der Waals surface area contributed by atoms with Crippen LogP contribution in [0.4, 0.5) is 0 Å². The zero-order valence-electron chi connectivity index (χ0n) is 45.5. The summed E-state index contributed by atoms with van der Waals surface area (Å²) < 4.78 is 21.4. The number of unbranched alkanes of at least 4 members (excludes halogenated alkanes) is 2. The Bertz CT molecular complexity index is 1680. The molecular formula is C49H92N12O14. The standard InChI is InChI=1S/C49H92N12O14/c1-7-52-47(69)37(30-39(62)15-12-19-43(65)61-38(31-57-48(2,3)35-59-70)32-58-49(4,5)36-60-71)14-8-10-20-53-41(63)17-13-18-42(64)55-22-24-72-26-29-75-34-45(67)56-23-25-73-27-28-74-33-44(66)54-21-11-9-16-40(51-6)46(50)68/h35-38,40,51,57-58,70-71H,7-34H2,1-6H3,(H2,50,68)(H,52,69)(H,53,63)(H,54,66)(H,55,64)(H,56,67)(H,61,65)/b59-35+,60-36+/t37-,40+/m1/s1. The summed E-state index contributed by atoms with van der Waals surface area (Å²) in [5, 5.41) is 50.1. The minimum atomic E-state index is -0.657. The molecule has 0 unspecified atom stereocenters. The molecule has 0 aliphatic carbocycles. The number of nitrogens with one attached hydrogen (secondary N) is 9. The molecule has 0 aliphatic rings. The number of hydrogen-bond donors (Lipinski definition) is 12. The Morgan fingerprint density at radius 1 is 0.560 bits per heavy atom. The predicted octanol–water partition coefficient (Wildman–Crippen LogP) is -0.875. The second kappa shape index (κ2) is 43.8. The van der Waals surface area contributed by atoms with Crippen molar-refractivity contribution < 1.29 is 67.7 Å². The first-order chi connectivity index (χ1) is 35.8. The molecular weight excluding hydrogens is 981 g/mol. The highest BCUT2D eigenvalue weighted by Gasteiger charge is 2.24. The molecule has 0 aromatic heterocycles. The first kappa shape index (κ1) is 69.6. The van der Waals surface area contributed by atoms with Crippen LogP contribution >= 0.6 is 0 Å². The van der Waals surface area contributed by atoms with Crippen molar-refractivity contribution in [3.8, 4) is 0 Å². The molecule has 7 amide bonds. The van der Waals surface area contributed by atoms with Gasteiger partial charge in [0.25, 0.3) is 0 Å². The van der Waals surface area contributed by atoms with E-state index in [-0.39, 0.29) is 145 Å². The molecule has 0 saturated carbocycles. The normalized spacial score (nSPS) is 12.6. The van der Waals surface area contributed by atoms with E-state index in [4.69, 9.17) is 35.1 Å². The van der Waals surface area contributed by atoms with Gasteiger partial charge in [0, 0.05) is 83.8 Å². The van der Waals surface area contributed by atoms with Crippen molar-refractivity contribution in [3.63, 3.8) is 0 Å². The quantitative estimate of drug-likeness (QED) is 0.0152. The van der Waals surface area contributed by atoms with Gasteiger partial charge in [-0.05, 0) is 86.6 Å². The van der Waals surface area contributed by atoms with E-state index in [0.29, 0.717) is 77.7 Å². The molecule has 0 aromatic carbocycles. The Hall–Kier alpha value is -5.38. The van der Waals surface area contributed by atoms with Crippen molar-refractivity contribution in [2.45, 2.75) is 141 Å². The number of likely N-dealkylation sites (N-methyl/N-ethyl adjacent to an activating group) is 1. The van der Waals surface area contributed by atoms with Gasteiger partial charge >= 0.3 is 0 Å². The third-order valence-corrected chi connectivity index (χ3v) is 11.2. The molecule has 0 bridgehead atoms. The fourth-order valence-corrected chi connectivity index (χ4v) is 6.95. The maximum Gasteiger partial charge on any atom is 0.246 e. The van der Waals surface area contributed by atoms with Gasteiger partial charge in [0.2, 0.25) is 41.4 Å². The van der Waals surface area contributed by atoms with Gasteiger partial charge in [0.05, 0.1) is 75.2 Å². The van der Waals surface area contributed by atoms with Crippen LogP contribution in [0.25, 0.3) is 0 Å². The number of amides is 7. The van der Waals surface area contributed by atoms with Crippen LogP contribution < -0.4 is 53.6 Å². The molecule has 0 fully saturated rings. The summed E-state index contributed by atoms with van der Waals surface area (Å²) in [6.45, 7) is 12.6. The van der Waals surface area contributed by atoms with Crippen molar-refractivity contribution in [1.82, 2.24) is 47.9 Å². The number of rotatable bonds is 49. The van der Waals surface area contributed by atoms with Crippen molar-refractivity contribution in [1.29, 1.82) is 0 Å². The van der Waals surface area contributed by atoms with E-state index in [1.807, 2.05) is 27.7 Å². The molecule has 0 aromatic rings. The Balaban J connectivity index is 4.13. The smallest absolute Gasteiger partial charge is 0.246 e. The Morgan fingerprint density at radius 2 is 1.01 bits per heavy atom. The Morgan fingerprint density at radius 3 is 1.51 bits per heavy atom. The van der Waals surface area contributed by atoms with Gasteiger partial charge < -0.3 is 82.9 Å². The predicted molar refractivity (Wildman–Crippen MR) is 281 cm³/mol. The van der Waals surface area contributed by atoms with Crippen molar-refractivity contribution >= 4 is 59.6 Å². The molecule has 75 heavy (non-hydrogen) atoms. The molecule has 0 spiro atoms. The maximum absolute atomic E-state index is 13.0. The highest BCUT2D eigenvalue weighted by molar-refractivity contribution is 5.87. The van der Waals surface area contributed by atoms with Gasteiger partial charge in [0.15, 0.2) is 0 Å². The number of carbonyl (C=O) groups is 8. The summed E-state index contributed by atoms with van der Waals surface area (Å²) in [6, 6.07) is -0.775. The van der Waals surface area contributed by atoms with E-state index in [2.05, 4.69) is 58.2 Å². The zero-order valence-corrected chi connectivity index (χ0v) is 45.5. The number of oxime groups is 2. The summed E-state index contributed by atoms with van der Waals surface area (Å²) in [5.41, 5.74) is 3.96. The van der Waals surface area contributed by atoms with Crippen molar-refractivity contribution in [3.05, 3.63) is 0 Å². The first-order valence-corrected chi connectivity index (χ1v) is 26.1. The zero-order chi connectivity index (χ0) is 56.2. The van der Waals surface area contributed by atoms with Crippen LogP contribution in [-0.2, 0) is 57.3 Å². The number of ether oxygens (including phenoxy) is 4. The lowest BCUT2D eigenvalue weighted by molar-refractivity contribution is -0.130. The summed E-state index contributed by atoms with van der Waals surface area (Å²) in [7, 11) is 1.67. The molecule has 26 nitrogen and oxygen atoms in total. The highest BCUT2D eigenvalue weighted by Crippen LogP contribution is 2.16. The van der Waals surface area contributed by atoms with Gasteiger partial charge in [-0.1, -0.05) is 6.42 Å². The summed E-state index contributed by atoms with van der Waals surface area (Å²) in [6.07, 6.45) is 7.59. The van der Waals surface area contributed by atoms with Crippen molar-refractivity contribution in [2.24, 2.45) is 22.0 Å². The van der Waals surface area contributed by atoms with Gasteiger partial charge in [0.1, 0.15) is 19.0 Å². The summed E-state index contributed by atoms with van der Waals surface area (Å²) >= 11 is 0. The largest absolute Gasteiger partial charge is 0.411 e. The average molecular weight is 1070 g/mol. The number of nitrogens with two attached hydrogens (primary N) is 1. The van der Waals surface area contributed by atoms with E-state index < -0.39 is 28.9 Å². The van der Waals surface area contributed by atoms with E-state index >= 15 is 0 Å². The molecule has 0 radical (unpaired) electrons. The van der Waals surface area contributed by atoms with E-state index in [1.54, 1.807) is 14.0 Å². The van der Waals surface area contributed by atoms with Gasteiger partial charge in [-0.25, -0.2) is 0 Å². The number of nitrogens with zero attached hydrogens (tertiary/aromatic N) is 2. The number of primary amides is 1. The highest BCUT2D eigenvalue weighted by atomic mass is 16.5. The van der Waals surface area contributed by atoms with Crippen molar-refractivity contribution in [2.75, 3.05) is 106 Å². The number of Topliss-reactive ketones (excluding diaryl/α,β-unsaturated/α-hetero) is 1. The van der Waals surface area contributed by atoms with E-state index in [9.17, 15) is 38.4 Å². The summed E-state index contributed by atoms with van der Waals surface area (Å²) in [5.74, 6) is -2.53. The van der Waals surface area contributed by atoms with Crippen LogP contribution in [-0.4, -0.2) is 199 Å². The maximum atomic E-state index is 13.0. The first-order valence-electron chi connectivity index (χ1n) is 26.1. The molecule has 0 heterocycles. The molecule has 432 valence electrons. The summed E-state index contributed by atoms with van der Waals surface area (Å²) in [4.78, 5) is 98.3. The fourth-order valence-electron chi connectivity index (χ4n) is 6.95. The topological polar surface area (TPSA) is 373 Å². The molecule has 0 rings (SSSR count). The second-order valence-electron chi connectivity index (χ2n) is 19.0. The van der Waals surface area contributed by atoms with Crippen LogP contribution in [0.1, 0.15) is 118 Å². The number of carbonyl (C=O) groups excluding carboxylic acids is 8. The van der Waals surface area contributed by atoms with E-state index in [1.165, 1.54) is 12.4 Å². The SMILES string of the molecule is CCNC(=O)[C@H](CCCCNC(=O)CCCC(=O)NCCOCCOCC(=O)NCCOCCOCC(=O)NCCCC[C@H](NC)C(N)=O)CC(=O)CCCC(=O)NC(CNC(C)(C)/C=N/O)CNC(C)(C)/C=N/O. The molecule has 0 aliphatic heterocycles. The third-order valence-electron chi connectivity index (χ3n) is 11.2. The Kier molecular flexibility index (Phi) is 40.7. The van der Waals surface area contributed by atoms with E-state index in [0.717, 1.165) is 6.42 Å². The third kappa shape index (κ3) is 41.5. The molecule has 26 heteroatoms. The van der Waals surface area contributed by atoms with Gasteiger partial charge in [-0.3, -0.25) is 38.4 Å². The molecule has 13 N–H and O–H groups in total. The van der Waals surface area contributed by atoms with Crippen LogP contribution in [0.15, 0.2) is 10.3 Å². The number of hydrogen-bond acceptors (Lipinski definition) is 19. The molecule has 0 saturated heterocycles. The lowest BCUT2D eigenvalue weighted by Crippen LogP contribution is -2.55. The van der Waals surface area contributed by atoms with Crippen LogP contribution in [0.5, 0.6) is 0 Å². The number of ketones is 1. The van der Waals surface area contributed by atoms with Gasteiger partial charge in [-0.2, -0.15) is 0 Å². The van der Waals surface area contributed by atoms with Gasteiger partial charge in [-0.15, -0.1) is 10.3 Å². The average Bonchev–Trinajstić information content (AvgIpc) is 3.34. The fraction of sp³-hybridized carbons (Fsp3) is 0.796. The lowest BCUT2D eigenvalue weighted by Gasteiger charge is -2.29. The van der Waals surface area contributed by atoms with Crippen LogP contribution in [0.3, 0.4) is 0 Å².